The second kappa shape index (κ2) is 10.0. The number of rotatable bonds is 7. The largest absolute Gasteiger partial charge is 0.322 e. The molecule has 2 amide bonds. The highest BCUT2D eigenvalue weighted by atomic mass is 16.3. The van der Waals surface area contributed by atoms with Crippen molar-refractivity contribution in [3.63, 3.8) is 0 Å². The van der Waals surface area contributed by atoms with Crippen LogP contribution in [-0.4, -0.2) is 16.7 Å². The summed E-state index contributed by atoms with van der Waals surface area (Å²) in [6.07, 6.45) is 0. The number of benzene rings is 4. The molecule has 0 bridgehead atoms. The van der Waals surface area contributed by atoms with Gasteiger partial charge in [-0.25, -0.2) is 0 Å². The van der Waals surface area contributed by atoms with Crippen molar-refractivity contribution in [1.82, 2.24) is 0 Å². The number of carbonyl (C=O) groups is 2. The predicted octanol–water partition coefficient (Wildman–Crippen LogP) is 5.63. The lowest BCUT2D eigenvalue weighted by Gasteiger charge is -2.07. The quantitative estimate of drug-likeness (QED) is 0.258. The van der Waals surface area contributed by atoms with Crippen molar-refractivity contribution in [1.29, 1.82) is 0 Å². The molecule has 0 saturated carbocycles. The van der Waals surface area contributed by atoms with E-state index in [1.165, 1.54) is 0 Å². The fourth-order valence-electron chi connectivity index (χ4n) is 3.14. The maximum Gasteiger partial charge on any atom is 0.294 e. The summed E-state index contributed by atoms with van der Waals surface area (Å²) >= 11 is 0. The molecule has 7 heteroatoms. The normalized spacial score (nSPS) is 10.2. The fourth-order valence-corrected chi connectivity index (χ4v) is 3.14. The van der Waals surface area contributed by atoms with Crippen LogP contribution in [0.3, 0.4) is 0 Å². The first-order chi connectivity index (χ1) is 16.1. The van der Waals surface area contributed by atoms with Gasteiger partial charge in [-0.3, -0.25) is 9.59 Å². The van der Waals surface area contributed by atoms with Crippen LogP contribution in [0.5, 0.6) is 0 Å². The topological polar surface area (TPSA) is 90.3 Å². The van der Waals surface area contributed by atoms with Gasteiger partial charge < -0.3 is 10.6 Å². The minimum Gasteiger partial charge on any atom is -0.322 e. The molecule has 0 aliphatic carbocycles. The molecule has 0 spiro atoms. The number of carbonyl (C=O) groups excluding carboxylic acids is 2. The van der Waals surface area contributed by atoms with Crippen molar-refractivity contribution < 1.29 is 14.5 Å². The number of hydrogen-bond acceptors (Lipinski definition) is 3. The van der Waals surface area contributed by atoms with Crippen molar-refractivity contribution in [2.24, 2.45) is 0 Å². The lowest BCUT2D eigenvalue weighted by molar-refractivity contribution is -0.427. The third-order valence-corrected chi connectivity index (χ3v) is 4.76. The van der Waals surface area contributed by atoms with Crippen LogP contribution in [-0.2, 0) is 0 Å². The maximum absolute atomic E-state index is 12.7. The lowest BCUT2D eigenvalue weighted by Crippen LogP contribution is -2.14. The molecule has 0 atom stereocenters. The van der Waals surface area contributed by atoms with Crippen LogP contribution < -0.4 is 16.1 Å². The summed E-state index contributed by atoms with van der Waals surface area (Å²) in [5, 5.41) is 5.59. The van der Waals surface area contributed by atoms with Gasteiger partial charge in [0.15, 0.2) is 4.87 Å². The maximum atomic E-state index is 12.7. The molecule has 4 aromatic carbocycles. The highest BCUT2D eigenvalue weighted by Crippen LogP contribution is 2.21. The summed E-state index contributed by atoms with van der Waals surface area (Å²) in [5.74, 6) is -0.506. The molecule has 0 radical (unpaired) electrons. The van der Waals surface area contributed by atoms with Crippen LogP contribution >= 0.6 is 0 Å². The van der Waals surface area contributed by atoms with Crippen LogP contribution in [0.1, 0.15) is 20.7 Å². The van der Waals surface area contributed by atoms with Crippen molar-refractivity contribution in [3.05, 3.63) is 125 Å². The van der Waals surface area contributed by atoms with Gasteiger partial charge in [-0.05, 0) is 48.5 Å². The van der Waals surface area contributed by atoms with E-state index in [-0.39, 0.29) is 11.8 Å². The minimum absolute atomic E-state index is 0.242. The molecular formula is C26H21N4O3+. The number of nitrogens with zero attached hydrogens (tertiary/aromatic N) is 1. The third kappa shape index (κ3) is 5.68. The predicted molar refractivity (Wildman–Crippen MR) is 129 cm³/mol. The zero-order chi connectivity index (χ0) is 23.0. The van der Waals surface area contributed by atoms with E-state index >= 15 is 0 Å². The SMILES string of the molecule is O=C(Nc1cccc(N[N+](=O)c2cccc(NC(=O)c3ccccc3)c2)c1)c1ccccc1. The van der Waals surface area contributed by atoms with E-state index in [0.29, 0.717) is 38.7 Å². The van der Waals surface area contributed by atoms with Crippen LogP contribution in [0.25, 0.3) is 0 Å². The van der Waals surface area contributed by atoms with Crippen molar-refractivity contribution in [3.8, 4) is 0 Å². The summed E-state index contributed by atoms with van der Waals surface area (Å²) in [6.45, 7) is 0. The molecule has 162 valence electrons. The van der Waals surface area contributed by atoms with E-state index in [1.807, 2.05) is 12.1 Å². The molecule has 0 aliphatic rings. The Labute approximate surface area is 190 Å². The third-order valence-electron chi connectivity index (χ3n) is 4.76. The van der Waals surface area contributed by atoms with Gasteiger partial charge in [0.1, 0.15) is 5.69 Å². The second-order valence-electron chi connectivity index (χ2n) is 7.18. The zero-order valence-electron chi connectivity index (χ0n) is 17.6. The average molecular weight is 437 g/mol. The minimum atomic E-state index is -0.264. The Balaban J connectivity index is 1.42. The van der Waals surface area contributed by atoms with Gasteiger partial charge in [-0.15, -0.1) is 5.43 Å². The number of hydrogen-bond donors (Lipinski definition) is 3. The molecule has 0 aromatic heterocycles. The summed E-state index contributed by atoms with van der Waals surface area (Å²) in [4.78, 5) is 38.0. The Hall–Kier alpha value is -4.78. The van der Waals surface area contributed by atoms with Gasteiger partial charge in [-0.1, -0.05) is 48.5 Å². The molecule has 3 N–H and O–H groups in total. The molecule has 4 rings (SSSR count). The first-order valence-electron chi connectivity index (χ1n) is 10.3. The second-order valence-corrected chi connectivity index (χ2v) is 7.18. The van der Waals surface area contributed by atoms with Gasteiger partial charge in [0, 0.05) is 34.6 Å². The van der Waals surface area contributed by atoms with Crippen molar-refractivity contribution >= 4 is 34.6 Å². The zero-order valence-corrected chi connectivity index (χ0v) is 17.6. The van der Waals surface area contributed by atoms with Gasteiger partial charge in [0.05, 0.1) is 4.91 Å². The molecular weight excluding hydrogens is 416 g/mol. The van der Waals surface area contributed by atoms with Crippen LogP contribution in [0.4, 0.5) is 22.7 Å². The Morgan fingerprint density at radius 1 is 0.545 bits per heavy atom. The summed E-state index contributed by atoms with van der Waals surface area (Å²) in [5.41, 5.74) is 5.64. The summed E-state index contributed by atoms with van der Waals surface area (Å²) in [6, 6.07) is 31.1. The number of anilines is 3. The Morgan fingerprint density at radius 2 is 1.03 bits per heavy atom. The van der Waals surface area contributed by atoms with Crippen LogP contribution in [0, 0.1) is 4.91 Å². The number of nitroso groups, excluding NO2 is 1. The molecule has 0 unspecified atom stereocenters. The monoisotopic (exact) mass is 437 g/mol. The standard InChI is InChI=1S/C26H20N4O3/c31-25(19-9-3-1-4-10-19)27-21-13-7-15-23(17-21)29-30(33)24-16-8-14-22(18-24)28-26(32)20-11-5-2-6-12-20/h1-18H,(H2-,27,28,29,31,32,33)/p+1. The molecule has 0 heterocycles. The molecule has 4 aromatic rings. The number of nitrogens with one attached hydrogen (secondary N) is 3. The van der Waals surface area contributed by atoms with E-state index in [2.05, 4.69) is 16.1 Å². The Morgan fingerprint density at radius 3 is 1.61 bits per heavy atom. The van der Waals surface area contributed by atoms with E-state index in [4.69, 9.17) is 0 Å². The molecule has 33 heavy (non-hydrogen) atoms. The van der Waals surface area contributed by atoms with E-state index < -0.39 is 0 Å². The summed E-state index contributed by atoms with van der Waals surface area (Å²) < 4.78 is 0. The van der Waals surface area contributed by atoms with Crippen molar-refractivity contribution in [2.45, 2.75) is 0 Å². The lowest BCUT2D eigenvalue weighted by atomic mass is 10.2. The number of hydrazine groups is 1. The van der Waals surface area contributed by atoms with Gasteiger partial charge in [0.25, 0.3) is 17.5 Å². The highest BCUT2D eigenvalue weighted by molar-refractivity contribution is 6.05. The molecule has 0 aliphatic heterocycles. The molecule has 0 fully saturated rings. The average Bonchev–Trinajstić information content (AvgIpc) is 2.85. The van der Waals surface area contributed by atoms with Gasteiger partial charge >= 0.3 is 0 Å². The van der Waals surface area contributed by atoms with Crippen LogP contribution in [0.2, 0.25) is 0 Å². The first kappa shape index (κ1) is 21.5. The van der Waals surface area contributed by atoms with Gasteiger partial charge in [-0.2, -0.15) is 0 Å². The Kier molecular flexibility index (Phi) is 6.51. The highest BCUT2D eigenvalue weighted by Gasteiger charge is 2.16. The Bertz CT molecular complexity index is 1290. The molecule has 7 nitrogen and oxygen atoms in total. The van der Waals surface area contributed by atoms with E-state index in [0.717, 1.165) is 0 Å². The van der Waals surface area contributed by atoms with Gasteiger partial charge in [0.2, 0.25) is 0 Å². The van der Waals surface area contributed by atoms with Crippen molar-refractivity contribution in [2.75, 3.05) is 16.1 Å². The fraction of sp³-hybridized carbons (Fsp3) is 0. The molecule has 0 saturated heterocycles. The first-order valence-corrected chi connectivity index (χ1v) is 10.3. The van der Waals surface area contributed by atoms with E-state index in [9.17, 15) is 14.5 Å². The number of amides is 2. The van der Waals surface area contributed by atoms with E-state index in [1.54, 1.807) is 97.1 Å². The van der Waals surface area contributed by atoms with Crippen LogP contribution in [0.15, 0.2) is 109 Å². The smallest absolute Gasteiger partial charge is 0.294 e. The summed E-state index contributed by atoms with van der Waals surface area (Å²) in [7, 11) is 0.